The van der Waals surface area contributed by atoms with Gasteiger partial charge in [0, 0.05) is 25.6 Å². The predicted molar refractivity (Wildman–Crippen MR) is 96.1 cm³/mol. The maximum absolute atomic E-state index is 13.4. The first-order chi connectivity index (χ1) is 11.6. The van der Waals surface area contributed by atoms with Gasteiger partial charge in [-0.3, -0.25) is 4.79 Å². The molecule has 1 N–H and O–H groups in total. The van der Waals surface area contributed by atoms with Crippen molar-refractivity contribution in [3.05, 3.63) is 35.4 Å². The molecule has 2 fully saturated rings. The second-order valence-electron chi connectivity index (χ2n) is 7.56. The lowest BCUT2D eigenvalue weighted by molar-refractivity contribution is -0.148. The van der Waals surface area contributed by atoms with Crippen LogP contribution in [0.15, 0.2) is 24.3 Å². The van der Waals surface area contributed by atoms with Crippen molar-refractivity contribution in [3.8, 4) is 0 Å². The highest BCUT2D eigenvalue weighted by atomic mass is 16.5. The van der Waals surface area contributed by atoms with E-state index in [4.69, 9.17) is 4.74 Å². The van der Waals surface area contributed by atoms with Gasteiger partial charge in [0.05, 0.1) is 12.0 Å². The minimum atomic E-state index is -0.338. The van der Waals surface area contributed by atoms with Gasteiger partial charge in [-0.2, -0.15) is 0 Å². The molecule has 3 rings (SSSR count). The largest absolute Gasteiger partial charge is 0.384 e. The zero-order chi connectivity index (χ0) is 17.2. The normalized spacial score (nSPS) is 26.5. The number of benzene rings is 1. The molecule has 4 nitrogen and oxygen atoms in total. The fraction of sp³-hybridized carbons (Fsp3) is 0.650. The maximum atomic E-state index is 13.4. The van der Waals surface area contributed by atoms with Gasteiger partial charge in [-0.05, 0) is 57.3 Å². The van der Waals surface area contributed by atoms with E-state index in [1.54, 1.807) is 7.11 Å². The van der Waals surface area contributed by atoms with Gasteiger partial charge in [0.1, 0.15) is 0 Å². The number of hydrogen-bond acceptors (Lipinski definition) is 3. The number of rotatable bonds is 4. The second-order valence-corrected chi connectivity index (χ2v) is 7.56. The van der Waals surface area contributed by atoms with Crippen LogP contribution < -0.4 is 5.32 Å². The fourth-order valence-corrected chi connectivity index (χ4v) is 4.49. The lowest BCUT2D eigenvalue weighted by Crippen LogP contribution is -2.52. The van der Waals surface area contributed by atoms with Crippen molar-refractivity contribution >= 4 is 5.91 Å². The summed E-state index contributed by atoms with van der Waals surface area (Å²) >= 11 is 0. The number of aryl methyl sites for hydroxylation is 1. The van der Waals surface area contributed by atoms with Gasteiger partial charge >= 0.3 is 0 Å². The van der Waals surface area contributed by atoms with E-state index in [9.17, 15) is 4.79 Å². The first kappa shape index (κ1) is 17.4. The van der Waals surface area contributed by atoms with Crippen LogP contribution in [0.3, 0.4) is 0 Å². The van der Waals surface area contributed by atoms with Gasteiger partial charge in [0.15, 0.2) is 0 Å². The van der Waals surface area contributed by atoms with Crippen LogP contribution in [0.1, 0.15) is 43.2 Å². The third kappa shape index (κ3) is 3.22. The maximum Gasteiger partial charge on any atom is 0.231 e. The summed E-state index contributed by atoms with van der Waals surface area (Å²) in [5.41, 5.74) is 2.39. The molecule has 2 aliphatic rings. The summed E-state index contributed by atoms with van der Waals surface area (Å²) in [5, 5.41) is 3.37. The summed E-state index contributed by atoms with van der Waals surface area (Å²) in [5.74, 6) is 0.751. The topological polar surface area (TPSA) is 41.6 Å². The van der Waals surface area contributed by atoms with E-state index in [-0.39, 0.29) is 5.41 Å². The van der Waals surface area contributed by atoms with Crippen molar-refractivity contribution in [3.63, 3.8) is 0 Å². The van der Waals surface area contributed by atoms with E-state index in [2.05, 4.69) is 48.3 Å². The molecule has 0 bridgehead atoms. The van der Waals surface area contributed by atoms with Crippen molar-refractivity contribution in [2.75, 3.05) is 33.4 Å². The van der Waals surface area contributed by atoms with Gasteiger partial charge in [-0.15, -0.1) is 0 Å². The van der Waals surface area contributed by atoms with Crippen LogP contribution in [0.25, 0.3) is 0 Å². The van der Waals surface area contributed by atoms with E-state index in [0.29, 0.717) is 24.5 Å². The summed E-state index contributed by atoms with van der Waals surface area (Å²) in [6.07, 6.45) is 2.80. The number of amides is 1. The standard InChI is InChI=1S/C20H30N2O2/c1-15-6-4-5-7-18(15)17-12-16(2)22(13-17)19(23)20(14-24-3)8-10-21-11-9-20/h4-7,16-17,21H,8-14H2,1-3H3. The van der Waals surface area contributed by atoms with Crippen LogP contribution >= 0.6 is 0 Å². The van der Waals surface area contributed by atoms with E-state index in [0.717, 1.165) is 38.9 Å². The van der Waals surface area contributed by atoms with Crippen molar-refractivity contribution < 1.29 is 9.53 Å². The zero-order valence-corrected chi connectivity index (χ0v) is 15.2. The number of methoxy groups -OCH3 is 1. The minimum absolute atomic E-state index is 0.297. The van der Waals surface area contributed by atoms with Crippen LogP contribution in [0.5, 0.6) is 0 Å². The molecule has 0 aliphatic carbocycles. The molecule has 0 radical (unpaired) electrons. The molecule has 2 aliphatic heterocycles. The Balaban J connectivity index is 1.79. The Morgan fingerprint density at radius 1 is 1.33 bits per heavy atom. The van der Waals surface area contributed by atoms with Crippen molar-refractivity contribution in [1.82, 2.24) is 10.2 Å². The third-order valence-electron chi connectivity index (χ3n) is 5.90. The van der Waals surface area contributed by atoms with Gasteiger partial charge < -0.3 is 15.0 Å². The van der Waals surface area contributed by atoms with Crippen molar-refractivity contribution in [1.29, 1.82) is 0 Å². The Labute approximate surface area is 145 Å². The molecule has 0 saturated carbocycles. The number of ether oxygens (including phenoxy) is 1. The van der Waals surface area contributed by atoms with Crippen molar-refractivity contribution in [2.24, 2.45) is 5.41 Å². The summed E-state index contributed by atoms with van der Waals surface area (Å²) in [4.78, 5) is 15.5. The molecule has 1 amide bonds. The Kier molecular flexibility index (Phi) is 5.26. The number of likely N-dealkylation sites (tertiary alicyclic amines) is 1. The lowest BCUT2D eigenvalue weighted by Gasteiger charge is -2.39. The van der Waals surface area contributed by atoms with Crippen LogP contribution in [0, 0.1) is 12.3 Å². The number of carbonyl (C=O) groups is 1. The van der Waals surface area contributed by atoms with E-state index >= 15 is 0 Å². The number of piperidine rings is 1. The molecule has 1 aromatic carbocycles. The Morgan fingerprint density at radius 3 is 2.71 bits per heavy atom. The fourth-order valence-electron chi connectivity index (χ4n) is 4.49. The number of carbonyl (C=O) groups excluding carboxylic acids is 1. The molecule has 132 valence electrons. The van der Waals surface area contributed by atoms with Gasteiger partial charge in [-0.1, -0.05) is 24.3 Å². The van der Waals surface area contributed by atoms with Crippen LogP contribution in [-0.2, 0) is 9.53 Å². The highest BCUT2D eigenvalue weighted by molar-refractivity contribution is 5.84. The molecule has 1 aromatic rings. The third-order valence-corrected chi connectivity index (χ3v) is 5.90. The lowest BCUT2D eigenvalue weighted by atomic mass is 9.78. The molecule has 4 heteroatoms. The number of hydrogen-bond donors (Lipinski definition) is 1. The molecular weight excluding hydrogens is 300 g/mol. The Morgan fingerprint density at radius 2 is 2.04 bits per heavy atom. The average molecular weight is 330 g/mol. The number of nitrogens with one attached hydrogen (secondary N) is 1. The molecule has 0 aromatic heterocycles. The zero-order valence-electron chi connectivity index (χ0n) is 15.2. The first-order valence-corrected chi connectivity index (χ1v) is 9.13. The van der Waals surface area contributed by atoms with Gasteiger partial charge in [0.25, 0.3) is 0 Å². The summed E-state index contributed by atoms with van der Waals surface area (Å²) in [6.45, 7) is 7.54. The smallest absolute Gasteiger partial charge is 0.231 e. The van der Waals surface area contributed by atoms with E-state index in [1.807, 2.05) is 0 Å². The van der Waals surface area contributed by atoms with Gasteiger partial charge in [0.2, 0.25) is 5.91 Å². The highest BCUT2D eigenvalue weighted by Gasteiger charge is 2.46. The Hall–Kier alpha value is -1.39. The van der Waals surface area contributed by atoms with E-state index in [1.165, 1.54) is 11.1 Å². The summed E-state index contributed by atoms with van der Waals surface area (Å²) in [7, 11) is 1.71. The van der Waals surface area contributed by atoms with Gasteiger partial charge in [-0.25, -0.2) is 0 Å². The van der Waals surface area contributed by atoms with E-state index < -0.39 is 0 Å². The van der Waals surface area contributed by atoms with Crippen LogP contribution in [0.4, 0.5) is 0 Å². The Bertz CT molecular complexity index is 575. The quantitative estimate of drug-likeness (QED) is 0.923. The molecule has 0 spiro atoms. The molecule has 2 unspecified atom stereocenters. The first-order valence-electron chi connectivity index (χ1n) is 9.13. The van der Waals surface area contributed by atoms with Crippen molar-refractivity contribution in [2.45, 2.75) is 45.1 Å². The van der Waals surface area contributed by atoms with Crippen LogP contribution in [-0.4, -0.2) is 50.2 Å². The predicted octanol–water partition coefficient (Wildman–Crippen LogP) is 2.72. The molecule has 2 heterocycles. The monoisotopic (exact) mass is 330 g/mol. The summed E-state index contributed by atoms with van der Waals surface area (Å²) < 4.78 is 5.46. The SMILES string of the molecule is COCC1(C(=O)N2CC(c3ccccc3C)CC2C)CCNCC1. The molecule has 24 heavy (non-hydrogen) atoms. The minimum Gasteiger partial charge on any atom is -0.384 e. The highest BCUT2D eigenvalue weighted by Crippen LogP contribution is 2.38. The second kappa shape index (κ2) is 7.24. The molecule has 2 atom stereocenters. The average Bonchev–Trinajstić information content (AvgIpc) is 2.97. The molecular formula is C20H30N2O2. The summed E-state index contributed by atoms with van der Waals surface area (Å²) in [6, 6.07) is 8.88. The molecule has 2 saturated heterocycles. The number of nitrogens with zero attached hydrogens (tertiary/aromatic N) is 1. The van der Waals surface area contributed by atoms with Crippen LogP contribution in [0.2, 0.25) is 0 Å².